The van der Waals surface area contributed by atoms with E-state index in [0.29, 0.717) is 0 Å². The third-order valence-corrected chi connectivity index (χ3v) is 6.46. The number of hydrogen-bond acceptors (Lipinski definition) is 4. The molecule has 1 aliphatic heterocycles. The van der Waals surface area contributed by atoms with Crippen LogP contribution in [0.4, 0.5) is 0 Å². The lowest BCUT2D eigenvalue weighted by atomic mass is 9.91. The third kappa shape index (κ3) is 4.39. The predicted molar refractivity (Wildman–Crippen MR) is 124 cm³/mol. The van der Waals surface area contributed by atoms with Gasteiger partial charge in [0.15, 0.2) is 5.78 Å². The molecule has 0 amide bonds. The van der Waals surface area contributed by atoms with Gasteiger partial charge in [0, 0.05) is 54.0 Å². The summed E-state index contributed by atoms with van der Waals surface area (Å²) in [6, 6.07) is 12.6. The van der Waals surface area contributed by atoms with Crippen LogP contribution in [0.15, 0.2) is 42.6 Å². The van der Waals surface area contributed by atoms with Crippen molar-refractivity contribution < 1.29 is 14.3 Å². The lowest BCUT2D eigenvalue weighted by Crippen LogP contribution is -2.39. The van der Waals surface area contributed by atoms with Crippen LogP contribution in [0.25, 0.3) is 10.9 Å². The number of H-pyrrole nitrogens is 1. The number of benzene rings is 2. The molecule has 0 aliphatic carbocycles. The number of piperidine rings is 1. The first-order valence-electron chi connectivity index (χ1n) is 11.1. The summed E-state index contributed by atoms with van der Waals surface area (Å²) in [5.74, 6) is 1.03. The summed E-state index contributed by atoms with van der Waals surface area (Å²) in [4.78, 5) is 17.6. The van der Waals surface area contributed by atoms with Gasteiger partial charge >= 0.3 is 0 Å². The van der Waals surface area contributed by atoms with E-state index in [1.54, 1.807) is 14.0 Å². The standard InChI is InChI=1S/C26H32N2O3/c1-5-31-21-11-13-28(24(15-21)20-8-6-19(7-9-20)18(3)29)16-23-22-10-12-27-26(22)17(2)14-25(23)30-4/h6-10,12,14,21,24,27H,5,11,13,15-16H2,1-4H3/t21-,24?/m0/s1. The molecular weight excluding hydrogens is 388 g/mol. The maximum absolute atomic E-state index is 11.7. The van der Waals surface area contributed by atoms with Gasteiger partial charge in [-0.1, -0.05) is 24.3 Å². The molecule has 5 heteroatoms. The molecule has 164 valence electrons. The number of carbonyl (C=O) groups excluding carboxylic acids is 1. The van der Waals surface area contributed by atoms with Crippen LogP contribution in [0.2, 0.25) is 0 Å². The van der Waals surface area contributed by atoms with E-state index in [9.17, 15) is 4.79 Å². The number of nitrogens with zero attached hydrogens (tertiary/aromatic N) is 1. The van der Waals surface area contributed by atoms with E-state index >= 15 is 0 Å². The van der Waals surface area contributed by atoms with Crippen molar-refractivity contribution in [3.63, 3.8) is 0 Å². The summed E-state index contributed by atoms with van der Waals surface area (Å²) >= 11 is 0. The molecule has 1 aliphatic rings. The molecule has 0 radical (unpaired) electrons. The molecule has 5 nitrogen and oxygen atoms in total. The minimum atomic E-state index is 0.0958. The molecule has 0 saturated carbocycles. The van der Waals surface area contributed by atoms with Crippen molar-refractivity contribution in [1.29, 1.82) is 0 Å². The Bertz CT molecular complexity index is 1050. The monoisotopic (exact) mass is 420 g/mol. The van der Waals surface area contributed by atoms with Crippen LogP contribution in [-0.4, -0.2) is 42.0 Å². The van der Waals surface area contributed by atoms with Crippen molar-refractivity contribution in [1.82, 2.24) is 9.88 Å². The van der Waals surface area contributed by atoms with Gasteiger partial charge in [0.2, 0.25) is 0 Å². The van der Waals surface area contributed by atoms with E-state index in [1.165, 1.54) is 27.6 Å². The molecule has 4 rings (SSSR count). The summed E-state index contributed by atoms with van der Waals surface area (Å²) < 4.78 is 11.8. The summed E-state index contributed by atoms with van der Waals surface area (Å²) in [6.45, 7) is 8.26. The highest BCUT2D eigenvalue weighted by Gasteiger charge is 2.31. The first kappa shape index (κ1) is 21.6. The smallest absolute Gasteiger partial charge is 0.159 e. The number of nitrogens with one attached hydrogen (secondary N) is 1. The molecule has 31 heavy (non-hydrogen) atoms. The van der Waals surface area contributed by atoms with Gasteiger partial charge in [-0.05, 0) is 56.9 Å². The number of aromatic nitrogens is 1. The lowest BCUT2D eigenvalue weighted by molar-refractivity contribution is -0.0138. The van der Waals surface area contributed by atoms with Crippen molar-refractivity contribution in [3.8, 4) is 5.75 Å². The Hall–Kier alpha value is -2.63. The fourth-order valence-corrected chi connectivity index (χ4v) is 4.83. The second kappa shape index (κ2) is 9.25. The number of ether oxygens (including phenoxy) is 2. The Labute approximate surface area is 184 Å². The number of hydrogen-bond donors (Lipinski definition) is 1. The average Bonchev–Trinajstić information content (AvgIpc) is 3.27. The quantitative estimate of drug-likeness (QED) is 0.518. The van der Waals surface area contributed by atoms with Gasteiger partial charge in [-0.2, -0.15) is 0 Å². The maximum Gasteiger partial charge on any atom is 0.159 e. The van der Waals surface area contributed by atoms with Crippen LogP contribution < -0.4 is 4.74 Å². The minimum absolute atomic E-state index is 0.0958. The number of carbonyl (C=O) groups is 1. The zero-order valence-electron chi connectivity index (χ0n) is 18.9. The van der Waals surface area contributed by atoms with E-state index in [-0.39, 0.29) is 17.9 Å². The molecule has 3 aromatic rings. The maximum atomic E-state index is 11.7. The SMILES string of the molecule is CCO[C@H]1CCN(Cc2c(OC)cc(C)c3[nH]ccc23)C(c2ccc(C(C)=O)cc2)C1. The molecule has 1 saturated heterocycles. The normalized spacial score (nSPS) is 19.6. The molecule has 1 unspecified atom stereocenters. The van der Waals surface area contributed by atoms with Crippen molar-refractivity contribution >= 4 is 16.7 Å². The summed E-state index contributed by atoms with van der Waals surface area (Å²) in [5, 5.41) is 1.22. The zero-order valence-corrected chi connectivity index (χ0v) is 18.9. The van der Waals surface area contributed by atoms with Crippen molar-refractivity contribution in [2.75, 3.05) is 20.3 Å². The first-order chi connectivity index (χ1) is 15.0. The van der Waals surface area contributed by atoms with Crippen LogP contribution in [-0.2, 0) is 11.3 Å². The van der Waals surface area contributed by atoms with Crippen LogP contribution >= 0.6 is 0 Å². The molecule has 2 aromatic carbocycles. The van der Waals surface area contributed by atoms with Crippen molar-refractivity contribution in [3.05, 3.63) is 64.8 Å². The number of ketones is 1. The Kier molecular flexibility index (Phi) is 6.44. The summed E-state index contributed by atoms with van der Waals surface area (Å²) in [5.41, 5.74) is 5.55. The molecule has 2 heterocycles. The lowest BCUT2D eigenvalue weighted by Gasteiger charge is -2.40. The molecule has 1 N–H and O–H groups in total. The Balaban J connectivity index is 1.69. The van der Waals surface area contributed by atoms with E-state index in [1.807, 2.05) is 18.3 Å². The van der Waals surface area contributed by atoms with Gasteiger partial charge in [-0.25, -0.2) is 0 Å². The number of likely N-dealkylation sites (tertiary alicyclic amines) is 1. The van der Waals surface area contributed by atoms with E-state index < -0.39 is 0 Å². The number of fused-ring (bicyclic) bond motifs is 1. The fourth-order valence-electron chi connectivity index (χ4n) is 4.83. The summed E-state index contributed by atoms with van der Waals surface area (Å²) in [7, 11) is 1.75. The Morgan fingerprint density at radius 3 is 2.68 bits per heavy atom. The van der Waals surface area contributed by atoms with Crippen molar-refractivity contribution in [2.45, 2.75) is 52.3 Å². The van der Waals surface area contributed by atoms with Gasteiger partial charge in [0.25, 0.3) is 0 Å². The Morgan fingerprint density at radius 2 is 2.00 bits per heavy atom. The van der Waals surface area contributed by atoms with E-state index in [4.69, 9.17) is 9.47 Å². The minimum Gasteiger partial charge on any atom is -0.496 e. The Morgan fingerprint density at radius 1 is 1.23 bits per heavy atom. The first-order valence-corrected chi connectivity index (χ1v) is 11.1. The van der Waals surface area contributed by atoms with Crippen LogP contribution in [0.5, 0.6) is 5.75 Å². The molecule has 1 fully saturated rings. The number of rotatable bonds is 7. The second-order valence-electron chi connectivity index (χ2n) is 8.41. The molecule has 1 aromatic heterocycles. The van der Waals surface area contributed by atoms with E-state index in [0.717, 1.165) is 43.9 Å². The number of aryl methyl sites for hydroxylation is 1. The van der Waals surface area contributed by atoms with Gasteiger partial charge in [-0.3, -0.25) is 9.69 Å². The highest BCUT2D eigenvalue weighted by atomic mass is 16.5. The summed E-state index contributed by atoms with van der Waals surface area (Å²) in [6.07, 6.45) is 4.21. The molecular formula is C26H32N2O3. The van der Waals surface area contributed by atoms with Crippen molar-refractivity contribution in [2.24, 2.45) is 0 Å². The molecule has 0 bridgehead atoms. The second-order valence-corrected chi connectivity index (χ2v) is 8.41. The number of Topliss-reactive ketones (excluding diaryl/α,β-unsaturated/α-hetero) is 1. The number of aromatic amines is 1. The zero-order chi connectivity index (χ0) is 22.0. The average molecular weight is 421 g/mol. The van der Waals surface area contributed by atoms with Gasteiger partial charge in [0.1, 0.15) is 5.75 Å². The highest BCUT2D eigenvalue weighted by molar-refractivity contribution is 5.94. The van der Waals surface area contributed by atoms with Gasteiger partial charge in [-0.15, -0.1) is 0 Å². The van der Waals surface area contributed by atoms with Crippen LogP contribution in [0.1, 0.15) is 59.8 Å². The fraction of sp³-hybridized carbons (Fsp3) is 0.423. The highest BCUT2D eigenvalue weighted by Crippen LogP contribution is 2.37. The largest absolute Gasteiger partial charge is 0.496 e. The third-order valence-electron chi connectivity index (χ3n) is 6.46. The molecule has 0 spiro atoms. The predicted octanol–water partition coefficient (Wildman–Crippen LogP) is 5.43. The van der Waals surface area contributed by atoms with Crippen LogP contribution in [0.3, 0.4) is 0 Å². The molecule has 2 atom stereocenters. The topological polar surface area (TPSA) is 54.6 Å². The van der Waals surface area contributed by atoms with Crippen LogP contribution in [0, 0.1) is 6.92 Å². The van der Waals surface area contributed by atoms with E-state index in [2.05, 4.69) is 48.0 Å². The van der Waals surface area contributed by atoms with Gasteiger partial charge < -0.3 is 14.5 Å². The number of methoxy groups -OCH3 is 1. The van der Waals surface area contributed by atoms with Gasteiger partial charge in [0.05, 0.1) is 13.2 Å².